The number of nitrogens with one attached hydrogen (secondary N) is 1. The molecule has 3 heterocycles. The number of aromatic nitrogens is 3. The first-order valence-electron chi connectivity index (χ1n) is 7.70. The van der Waals surface area contributed by atoms with Gasteiger partial charge in [-0.15, -0.1) is 0 Å². The molecule has 23 heavy (non-hydrogen) atoms. The topological polar surface area (TPSA) is 66.4 Å². The Balaban J connectivity index is 1.82. The smallest absolute Gasteiger partial charge is 0.239 e. The van der Waals surface area contributed by atoms with Crippen molar-refractivity contribution in [3.05, 3.63) is 30.7 Å². The minimum Gasteiger partial charge on any atom is -0.479 e. The molecule has 0 aromatic carbocycles. The number of methoxy groups -OCH3 is 1. The molecule has 122 valence electrons. The van der Waals surface area contributed by atoms with Gasteiger partial charge in [-0.2, -0.15) is 4.98 Å². The Morgan fingerprint density at radius 1 is 1.22 bits per heavy atom. The van der Waals surface area contributed by atoms with Crippen LogP contribution in [0.2, 0.25) is 0 Å². The number of likely N-dealkylation sites (N-methyl/N-ethyl adjacent to an activating group) is 1. The Kier molecular flexibility index (Phi) is 4.57. The van der Waals surface area contributed by atoms with Crippen LogP contribution in [0.5, 0.6) is 5.88 Å². The zero-order chi connectivity index (χ0) is 16.2. The van der Waals surface area contributed by atoms with Crippen LogP contribution in [0.4, 0.5) is 17.3 Å². The maximum absolute atomic E-state index is 5.51. The van der Waals surface area contributed by atoms with Crippen molar-refractivity contribution in [3.63, 3.8) is 0 Å². The molecule has 2 aromatic rings. The Morgan fingerprint density at radius 3 is 2.78 bits per heavy atom. The standard InChI is InChI=1S/C16H22N6O/c1-12-10-21(2)8-9-22(12)13-4-5-15(20-16(13)23-3)19-14-6-7-17-11-18-14/h4-7,11-12H,8-10H2,1-3H3,(H,17,18,19,20)/t12-/m0/s1. The molecule has 2 aromatic heterocycles. The lowest BCUT2D eigenvalue weighted by Crippen LogP contribution is -2.50. The molecule has 1 aliphatic heterocycles. The predicted molar refractivity (Wildman–Crippen MR) is 90.4 cm³/mol. The molecule has 0 unspecified atom stereocenters. The van der Waals surface area contributed by atoms with Gasteiger partial charge in [-0.25, -0.2) is 9.97 Å². The molecule has 7 nitrogen and oxygen atoms in total. The molecule has 1 fully saturated rings. The summed E-state index contributed by atoms with van der Waals surface area (Å²) in [6, 6.07) is 6.22. The van der Waals surface area contributed by atoms with Gasteiger partial charge in [-0.05, 0) is 32.2 Å². The number of piperazine rings is 1. The van der Waals surface area contributed by atoms with Crippen molar-refractivity contribution in [2.24, 2.45) is 0 Å². The molecular formula is C16H22N6O. The zero-order valence-corrected chi connectivity index (χ0v) is 13.7. The maximum atomic E-state index is 5.51. The van der Waals surface area contributed by atoms with Crippen LogP contribution in [-0.2, 0) is 0 Å². The quantitative estimate of drug-likeness (QED) is 0.922. The van der Waals surface area contributed by atoms with Crippen LogP contribution in [0.1, 0.15) is 6.92 Å². The zero-order valence-electron chi connectivity index (χ0n) is 13.7. The van der Waals surface area contributed by atoms with Gasteiger partial charge >= 0.3 is 0 Å². The van der Waals surface area contributed by atoms with Crippen molar-refractivity contribution in [2.45, 2.75) is 13.0 Å². The highest BCUT2D eigenvalue weighted by atomic mass is 16.5. The highest BCUT2D eigenvalue weighted by Gasteiger charge is 2.24. The third-order valence-corrected chi connectivity index (χ3v) is 4.01. The van der Waals surface area contributed by atoms with Crippen LogP contribution in [-0.4, -0.2) is 59.7 Å². The van der Waals surface area contributed by atoms with Gasteiger partial charge < -0.3 is 19.9 Å². The van der Waals surface area contributed by atoms with Crippen LogP contribution in [0.3, 0.4) is 0 Å². The van der Waals surface area contributed by atoms with Crippen molar-refractivity contribution < 1.29 is 4.74 Å². The normalized spacial score (nSPS) is 18.7. The van der Waals surface area contributed by atoms with Gasteiger partial charge in [-0.1, -0.05) is 0 Å². The number of hydrogen-bond donors (Lipinski definition) is 1. The molecule has 7 heteroatoms. The van der Waals surface area contributed by atoms with E-state index in [1.54, 1.807) is 19.4 Å². The number of anilines is 3. The summed E-state index contributed by atoms with van der Waals surface area (Å²) in [4.78, 5) is 17.3. The SMILES string of the molecule is COc1nc(Nc2ccncn2)ccc1N1CCN(C)C[C@@H]1C. The molecule has 0 saturated carbocycles. The summed E-state index contributed by atoms with van der Waals surface area (Å²) in [7, 11) is 3.80. The number of rotatable bonds is 4. The van der Waals surface area contributed by atoms with E-state index in [1.807, 2.05) is 6.07 Å². The number of pyridine rings is 1. The maximum Gasteiger partial charge on any atom is 0.239 e. The number of ether oxygens (including phenoxy) is 1. The Labute approximate surface area is 136 Å². The lowest BCUT2D eigenvalue weighted by molar-refractivity contribution is 0.273. The van der Waals surface area contributed by atoms with E-state index in [2.05, 4.69) is 50.1 Å². The summed E-state index contributed by atoms with van der Waals surface area (Å²) < 4.78 is 5.51. The summed E-state index contributed by atoms with van der Waals surface area (Å²) in [5.41, 5.74) is 1.03. The molecule has 0 amide bonds. The molecule has 1 aliphatic rings. The predicted octanol–water partition coefficient (Wildman–Crippen LogP) is 1.76. The fourth-order valence-corrected chi connectivity index (χ4v) is 2.86. The van der Waals surface area contributed by atoms with E-state index in [4.69, 9.17) is 4.74 Å². The minimum atomic E-state index is 0.421. The Bertz CT molecular complexity index is 650. The van der Waals surface area contributed by atoms with Gasteiger partial charge in [0.1, 0.15) is 23.7 Å². The first-order valence-corrected chi connectivity index (χ1v) is 7.70. The highest BCUT2D eigenvalue weighted by molar-refractivity contribution is 5.62. The van der Waals surface area contributed by atoms with Gasteiger partial charge in [0, 0.05) is 31.9 Å². The van der Waals surface area contributed by atoms with Crippen LogP contribution in [0.25, 0.3) is 0 Å². The number of hydrogen-bond acceptors (Lipinski definition) is 7. The van der Waals surface area contributed by atoms with Crippen molar-refractivity contribution in [1.82, 2.24) is 19.9 Å². The lowest BCUT2D eigenvalue weighted by Gasteiger charge is -2.40. The van der Waals surface area contributed by atoms with E-state index in [-0.39, 0.29) is 0 Å². The Hall–Kier alpha value is -2.41. The average molecular weight is 314 g/mol. The molecule has 1 N–H and O–H groups in total. The van der Waals surface area contributed by atoms with Crippen molar-refractivity contribution in [2.75, 3.05) is 44.0 Å². The summed E-state index contributed by atoms with van der Waals surface area (Å²) in [6.45, 7) is 5.26. The van der Waals surface area contributed by atoms with Crippen LogP contribution in [0.15, 0.2) is 30.7 Å². The van der Waals surface area contributed by atoms with E-state index in [0.717, 1.165) is 25.3 Å². The lowest BCUT2D eigenvalue weighted by atomic mass is 10.1. The Morgan fingerprint density at radius 2 is 2.09 bits per heavy atom. The van der Waals surface area contributed by atoms with Gasteiger partial charge in [-0.3, -0.25) is 0 Å². The first-order chi connectivity index (χ1) is 11.2. The average Bonchev–Trinajstić information content (AvgIpc) is 2.56. The molecule has 0 bridgehead atoms. The molecule has 0 radical (unpaired) electrons. The monoisotopic (exact) mass is 314 g/mol. The third kappa shape index (κ3) is 3.50. The van der Waals surface area contributed by atoms with E-state index >= 15 is 0 Å². The van der Waals surface area contributed by atoms with E-state index in [0.29, 0.717) is 23.6 Å². The van der Waals surface area contributed by atoms with Gasteiger partial charge in [0.15, 0.2) is 0 Å². The largest absolute Gasteiger partial charge is 0.479 e. The van der Waals surface area contributed by atoms with Crippen LogP contribution in [0, 0.1) is 0 Å². The molecule has 1 atom stereocenters. The molecule has 0 spiro atoms. The second kappa shape index (κ2) is 6.78. The summed E-state index contributed by atoms with van der Waals surface area (Å²) in [5, 5.41) is 3.16. The van der Waals surface area contributed by atoms with E-state index in [1.165, 1.54) is 6.33 Å². The first kappa shape index (κ1) is 15.5. The fourth-order valence-electron chi connectivity index (χ4n) is 2.86. The van der Waals surface area contributed by atoms with Crippen LogP contribution >= 0.6 is 0 Å². The third-order valence-electron chi connectivity index (χ3n) is 4.01. The van der Waals surface area contributed by atoms with Crippen LogP contribution < -0.4 is 15.0 Å². The van der Waals surface area contributed by atoms with Gasteiger partial charge in [0.25, 0.3) is 0 Å². The van der Waals surface area contributed by atoms with Gasteiger partial charge in [0.2, 0.25) is 5.88 Å². The molecular weight excluding hydrogens is 292 g/mol. The summed E-state index contributed by atoms with van der Waals surface area (Å²) in [5.74, 6) is 2.03. The molecule has 0 aliphatic carbocycles. The summed E-state index contributed by atoms with van der Waals surface area (Å²) >= 11 is 0. The van der Waals surface area contributed by atoms with E-state index < -0.39 is 0 Å². The second-order valence-electron chi connectivity index (χ2n) is 5.75. The minimum absolute atomic E-state index is 0.421. The summed E-state index contributed by atoms with van der Waals surface area (Å²) in [6.07, 6.45) is 3.19. The van der Waals surface area contributed by atoms with E-state index in [9.17, 15) is 0 Å². The highest BCUT2D eigenvalue weighted by Crippen LogP contribution is 2.31. The van der Waals surface area contributed by atoms with Crippen molar-refractivity contribution in [3.8, 4) is 5.88 Å². The van der Waals surface area contributed by atoms with Crippen molar-refractivity contribution >= 4 is 17.3 Å². The molecule has 3 rings (SSSR count). The molecule has 1 saturated heterocycles. The second-order valence-corrected chi connectivity index (χ2v) is 5.75. The number of nitrogens with zero attached hydrogens (tertiary/aromatic N) is 5. The van der Waals surface area contributed by atoms with Gasteiger partial charge in [0.05, 0.1) is 7.11 Å². The van der Waals surface area contributed by atoms with Crippen molar-refractivity contribution in [1.29, 1.82) is 0 Å². The fraction of sp³-hybridized carbons (Fsp3) is 0.438.